The number of hydrogen-bond acceptors (Lipinski definition) is 7. The Kier molecular flexibility index (Phi) is 11.3. The predicted octanol–water partition coefficient (Wildman–Crippen LogP) is -1.42. The van der Waals surface area contributed by atoms with E-state index in [4.69, 9.17) is 10.8 Å². The molecule has 0 aromatic rings. The SMILES string of the molecule is CSCCC(NC(=O)C(CS)NC(=O)C(C)N)C(=O)NC(C)C(=O)O. The molecule has 0 aliphatic carbocycles. The summed E-state index contributed by atoms with van der Waals surface area (Å²) in [5.74, 6) is -2.29. The van der Waals surface area contributed by atoms with E-state index in [2.05, 4.69) is 28.6 Å². The van der Waals surface area contributed by atoms with E-state index in [9.17, 15) is 19.2 Å². The second-order valence-electron chi connectivity index (χ2n) is 5.44. The molecule has 3 amide bonds. The normalized spacial score (nSPS) is 15.4. The standard InChI is InChI=1S/C14H26N4O5S2/c1-7(15)11(19)18-10(6-24)13(21)17-9(4-5-25-3)12(20)16-8(2)14(22)23/h7-10,24H,4-6,15H2,1-3H3,(H,16,20)(H,17,21)(H,18,19)(H,22,23). The number of aliphatic carboxylic acids is 1. The lowest BCUT2D eigenvalue weighted by Gasteiger charge is -2.23. The minimum atomic E-state index is -1.18. The molecular weight excluding hydrogens is 368 g/mol. The van der Waals surface area contributed by atoms with Gasteiger partial charge in [-0.2, -0.15) is 24.4 Å². The lowest BCUT2D eigenvalue weighted by Crippen LogP contribution is -2.57. The fourth-order valence-electron chi connectivity index (χ4n) is 1.65. The van der Waals surface area contributed by atoms with Crippen molar-refractivity contribution in [3.63, 3.8) is 0 Å². The van der Waals surface area contributed by atoms with Crippen LogP contribution in [0.2, 0.25) is 0 Å². The van der Waals surface area contributed by atoms with Gasteiger partial charge in [-0.05, 0) is 32.3 Å². The smallest absolute Gasteiger partial charge is 0.325 e. The minimum absolute atomic E-state index is 0.0205. The fraction of sp³-hybridized carbons (Fsp3) is 0.714. The molecule has 0 aliphatic heterocycles. The molecule has 0 rings (SSSR count). The predicted molar refractivity (Wildman–Crippen MR) is 99.6 cm³/mol. The van der Waals surface area contributed by atoms with Crippen LogP contribution >= 0.6 is 24.4 Å². The maximum absolute atomic E-state index is 12.3. The number of thiol groups is 1. The molecule has 144 valence electrons. The van der Waals surface area contributed by atoms with Crippen LogP contribution in [0.5, 0.6) is 0 Å². The Morgan fingerprint density at radius 2 is 1.56 bits per heavy atom. The highest BCUT2D eigenvalue weighted by atomic mass is 32.2. The zero-order chi connectivity index (χ0) is 19.6. The van der Waals surface area contributed by atoms with Crippen LogP contribution in [0, 0.1) is 0 Å². The first-order valence-corrected chi connectivity index (χ1v) is 9.65. The van der Waals surface area contributed by atoms with E-state index >= 15 is 0 Å². The summed E-state index contributed by atoms with van der Waals surface area (Å²) in [6.45, 7) is 2.80. The number of thioether (sulfide) groups is 1. The maximum Gasteiger partial charge on any atom is 0.325 e. The molecule has 11 heteroatoms. The van der Waals surface area contributed by atoms with Crippen LogP contribution in [0.15, 0.2) is 0 Å². The molecule has 9 nitrogen and oxygen atoms in total. The van der Waals surface area contributed by atoms with Gasteiger partial charge in [0.15, 0.2) is 0 Å². The zero-order valence-electron chi connectivity index (χ0n) is 14.4. The van der Waals surface area contributed by atoms with Gasteiger partial charge in [0, 0.05) is 5.75 Å². The van der Waals surface area contributed by atoms with E-state index in [1.54, 1.807) is 0 Å². The van der Waals surface area contributed by atoms with Crippen molar-refractivity contribution in [2.75, 3.05) is 17.8 Å². The Bertz CT molecular complexity index is 490. The number of carbonyl (C=O) groups excluding carboxylic acids is 3. The van der Waals surface area contributed by atoms with Crippen LogP contribution in [0.1, 0.15) is 20.3 Å². The number of carboxylic acid groups (broad SMARTS) is 1. The molecule has 0 aliphatic rings. The number of carboxylic acids is 1. The van der Waals surface area contributed by atoms with Crippen molar-refractivity contribution in [1.82, 2.24) is 16.0 Å². The van der Waals surface area contributed by atoms with Crippen molar-refractivity contribution >= 4 is 48.1 Å². The van der Waals surface area contributed by atoms with Crippen molar-refractivity contribution in [3.05, 3.63) is 0 Å². The molecule has 4 unspecified atom stereocenters. The molecule has 0 spiro atoms. The van der Waals surface area contributed by atoms with Gasteiger partial charge in [-0.3, -0.25) is 19.2 Å². The Morgan fingerprint density at radius 3 is 2.00 bits per heavy atom. The van der Waals surface area contributed by atoms with Crippen LogP contribution in [0.25, 0.3) is 0 Å². The molecule has 0 fully saturated rings. The molecular formula is C14H26N4O5S2. The molecule has 6 N–H and O–H groups in total. The molecule has 0 aromatic carbocycles. The van der Waals surface area contributed by atoms with Gasteiger partial charge in [-0.1, -0.05) is 0 Å². The third-order valence-corrected chi connectivity index (χ3v) is 4.21. The minimum Gasteiger partial charge on any atom is -0.480 e. The van der Waals surface area contributed by atoms with Crippen LogP contribution in [0.3, 0.4) is 0 Å². The number of nitrogens with one attached hydrogen (secondary N) is 3. The van der Waals surface area contributed by atoms with E-state index in [1.165, 1.54) is 25.6 Å². The number of carbonyl (C=O) groups is 4. The molecule has 25 heavy (non-hydrogen) atoms. The van der Waals surface area contributed by atoms with Crippen LogP contribution < -0.4 is 21.7 Å². The van der Waals surface area contributed by atoms with Gasteiger partial charge in [-0.25, -0.2) is 0 Å². The van der Waals surface area contributed by atoms with E-state index in [1.807, 2.05) is 6.26 Å². The number of amides is 3. The van der Waals surface area contributed by atoms with Crippen LogP contribution in [-0.4, -0.2) is 70.7 Å². The summed E-state index contributed by atoms with van der Waals surface area (Å²) in [4.78, 5) is 47.0. The second kappa shape index (κ2) is 12.0. The van der Waals surface area contributed by atoms with Gasteiger partial charge >= 0.3 is 5.97 Å². The third-order valence-electron chi connectivity index (χ3n) is 3.20. The second-order valence-corrected chi connectivity index (χ2v) is 6.79. The molecule has 0 aromatic heterocycles. The number of hydrogen-bond donors (Lipinski definition) is 6. The quantitative estimate of drug-likeness (QED) is 0.235. The highest BCUT2D eigenvalue weighted by molar-refractivity contribution is 7.98. The first-order valence-electron chi connectivity index (χ1n) is 7.63. The summed E-state index contributed by atoms with van der Waals surface area (Å²) in [7, 11) is 0. The maximum atomic E-state index is 12.3. The first kappa shape index (κ1) is 23.5. The van der Waals surface area contributed by atoms with Gasteiger partial charge in [-0.15, -0.1) is 0 Å². The van der Waals surface area contributed by atoms with Crippen molar-refractivity contribution in [1.29, 1.82) is 0 Å². The summed E-state index contributed by atoms with van der Waals surface area (Å²) in [6.07, 6.45) is 2.15. The van der Waals surface area contributed by atoms with Gasteiger partial charge in [0.05, 0.1) is 6.04 Å². The van der Waals surface area contributed by atoms with E-state index in [0.717, 1.165) is 0 Å². The average molecular weight is 395 g/mol. The van der Waals surface area contributed by atoms with E-state index in [0.29, 0.717) is 12.2 Å². The topological polar surface area (TPSA) is 151 Å². The van der Waals surface area contributed by atoms with Gasteiger partial charge in [0.1, 0.15) is 18.1 Å². The van der Waals surface area contributed by atoms with Crippen LogP contribution in [-0.2, 0) is 19.2 Å². The Balaban J connectivity index is 4.97. The van der Waals surface area contributed by atoms with E-state index < -0.39 is 47.9 Å². The Labute approximate surface area is 156 Å². The monoisotopic (exact) mass is 394 g/mol. The molecule has 0 heterocycles. The van der Waals surface area contributed by atoms with Crippen molar-refractivity contribution < 1.29 is 24.3 Å². The lowest BCUT2D eigenvalue weighted by atomic mass is 10.1. The Hall–Kier alpha value is -1.46. The molecule has 4 atom stereocenters. The van der Waals surface area contributed by atoms with Crippen molar-refractivity contribution in [2.45, 2.75) is 44.4 Å². The lowest BCUT2D eigenvalue weighted by molar-refractivity contribution is -0.141. The Morgan fingerprint density at radius 1 is 1.04 bits per heavy atom. The molecule has 0 radical (unpaired) electrons. The van der Waals surface area contributed by atoms with Crippen molar-refractivity contribution in [2.24, 2.45) is 5.73 Å². The summed E-state index contributed by atoms with van der Waals surface area (Å²) in [6, 6.07) is -3.75. The van der Waals surface area contributed by atoms with Crippen LogP contribution in [0.4, 0.5) is 0 Å². The fourth-order valence-corrected chi connectivity index (χ4v) is 2.38. The highest BCUT2D eigenvalue weighted by Crippen LogP contribution is 2.03. The third kappa shape index (κ3) is 8.98. The molecule has 0 bridgehead atoms. The van der Waals surface area contributed by atoms with Crippen molar-refractivity contribution in [3.8, 4) is 0 Å². The summed E-state index contributed by atoms with van der Waals surface area (Å²) in [5.41, 5.74) is 5.45. The molecule has 0 saturated heterocycles. The zero-order valence-corrected chi connectivity index (χ0v) is 16.2. The van der Waals surface area contributed by atoms with Gasteiger partial charge < -0.3 is 26.8 Å². The highest BCUT2D eigenvalue weighted by Gasteiger charge is 2.27. The van der Waals surface area contributed by atoms with Gasteiger partial charge in [0.2, 0.25) is 17.7 Å². The largest absolute Gasteiger partial charge is 0.480 e. The average Bonchev–Trinajstić information content (AvgIpc) is 2.55. The van der Waals surface area contributed by atoms with Gasteiger partial charge in [0.25, 0.3) is 0 Å². The summed E-state index contributed by atoms with van der Waals surface area (Å²) >= 11 is 5.51. The number of rotatable bonds is 11. The first-order chi connectivity index (χ1) is 11.6. The summed E-state index contributed by atoms with van der Waals surface area (Å²) in [5, 5.41) is 16.2. The summed E-state index contributed by atoms with van der Waals surface area (Å²) < 4.78 is 0. The molecule has 0 saturated carbocycles. The van der Waals surface area contributed by atoms with E-state index in [-0.39, 0.29) is 5.75 Å². The number of nitrogens with two attached hydrogens (primary N) is 1.